The Bertz CT molecular complexity index is 523. The molecule has 0 aromatic rings. The monoisotopic (exact) mass is 348 g/mol. The highest BCUT2D eigenvalue weighted by Gasteiger charge is 2.63. The van der Waals surface area contributed by atoms with Crippen molar-refractivity contribution in [3.8, 4) is 0 Å². The van der Waals surface area contributed by atoms with Crippen molar-refractivity contribution in [3.05, 3.63) is 0 Å². The first-order valence-corrected chi connectivity index (χ1v) is 10.4. The Morgan fingerprint density at radius 1 is 1.12 bits per heavy atom. The highest BCUT2D eigenvalue weighted by atomic mass is 16.5. The fourth-order valence-electron chi connectivity index (χ4n) is 7.01. The fraction of sp³-hybridized carbons (Fsp3) is 0.952. The van der Waals surface area contributed by atoms with Crippen molar-refractivity contribution in [1.29, 1.82) is 0 Å². The number of amides is 1. The van der Waals surface area contributed by atoms with Gasteiger partial charge in [-0.15, -0.1) is 0 Å². The second-order valence-corrected chi connectivity index (χ2v) is 10.3. The van der Waals surface area contributed by atoms with Crippen LogP contribution in [0, 0.1) is 28.6 Å². The van der Waals surface area contributed by atoms with Gasteiger partial charge in [-0.3, -0.25) is 4.79 Å². The van der Waals surface area contributed by atoms with Crippen molar-refractivity contribution in [2.75, 3.05) is 6.61 Å². The predicted molar refractivity (Wildman–Crippen MR) is 98.9 cm³/mol. The van der Waals surface area contributed by atoms with E-state index in [9.17, 15) is 4.79 Å². The van der Waals surface area contributed by atoms with Gasteiger partial charge in [0.1, 0.15) is 5.54 Å². The van der Waals surface area contributed by atoms with Gasteiger partial charge in [0, 0.05) is 24.5 Å². The first kappa shape index (κ1) is 17.8. The molecule has 3 unspecified atom stereocenters. The Morgan fingerprint density at radius 3 is 2.08 bits per heavy atom. The van der Waals surface area contributed by atoms with Crippen LogP contribution in [0.25, 0.3) is 0 Å². The van der Waals surface area contributed by atoms with Crippen LogP contribution in [0.2, 0.25) is 0 Å². The number of carbonyl (C=O) groups excluding carboxylic acids is 1. The molecule has 5 saturated carbocycles. The van der Waals surface area contributed by atoms with Gasteiger partial charge in [-0.25, -0.2) is 0 Å². The number of nitrogens with one attached hydrogen (secondary N) is 1. The summed E-state index contributed by atoms with van der Waals surface area (Å²) in [5.74, 6) is 2.75. The summed E-state index contributed by atoms with van der Waals surface area (Å²) in [6.07, 6.45) is 8.95. The van der Waals surface area contributed by atoms with E-state index in [1.54, 1.807) is 0 Å². The Kier molecular flexibility index (Phi) is 4.05. The molecule has 0 aliphatic heterocycles. The van der Waals surface area contributed by atoms with Gasteiger partial charge >= 0.3 is 0 Å². The number of hydrogen-bond donors (Lipinski definition) is 2. The molecule has 5 fully saturated rings. The molecule has 0 radical (unpaired) electrons. The lowest BCUT2D eigenvalue weighted by Crippen LogP contribution is -2.76. The summed E-state index contributed by atoms with van der Waals surface area (Å²) in [6.45, 7) is 9.06. The number of nitrogens with two attached hydrogens (primary N) is 1. The van der Waals surface area contributed by atoms with Crippen molar-refractivity contribution in [2.45, 2.75) is 90.3 Å². The van der Waals surface area contributed by atoms with E-state index in [0.717, 1.165) is 17.8 Å². The molecule has 5 aliphatic rings. The van der Waals surface area contributed by atoms with E-state index in [1.807, 2.05) is 6.92 Å². The van der Waals surface area contributed by atoms with Gasteiger partial charge in [-0.05, 0) is 75.5 Å². The third kappa shape index (κ3) is 2.50. The zero-order valence-electron chi connectivity index (χ0n) is 16.4. The maximum absolute atomic E-state index is 13.1. The van der Waals surface area contributed by atoms with E-state index in [1.165, 1.54) is 38.5 Å². The van der Waals surface area contributed by atoms with Gasteiger partial charge < -0.3 is 15.8 Å². The maximum atomic E-state index is 13.1. The molecular weight excluding hydrogens is 312 g/mol. The van der Waals surface area contributed by atoms with E-state index < -0.39 is 5.54 Å². The van der Waals surface area contributed by atoms with Crippen LogP contribution in [-0.2, 0) is 9.53 Å². The van der Waals surface area contributed by atoms with Crippen molar-refractivity contribution in [3.63, 3.8) is 0 Å². The summed E-state index contributed by atoms with van der Waals surface area (Å²) in [7, 11) is 0. The Balaban J connectivity index is 1.45. The Labute approximate surface area is 152 Å². The van der Waals surface area contributed by atoms with Crippen LogP contribution in [0.5, 0.6) is 0 Å². The van der Waals surface area contributed by atoms with E-state index in [2.05, 4.69) is 26.1 Å². The molecule has 0 aromatic heterocycles. The van der Waals surface area contributed by atoms with Crippen LogP contribution in [0.1, 0.15) is 72.6 Å². The second-order valence-electron chi connectivity index (χ2n) is 10.3. The van der Waals surface area contributed by atoms with E-state index in [0.29, 0.717) is 18.4 Å². The van der Waals surface area contributed by atoms with Gasteiger partial charge in [-0.1, -0.05) is 13.8 Å². The van der Waals surface area contributed by atoms with Crippen molar-refractivity contribution >= 4 is 5.91 Å². The molecule has 0 saturated heterocycles. The minimum absolute atomic E-state index is 0.0386. The summed E-state index contributed by atoms with van der Waals surface area (Å²) in [5, 5.41) is 3.38. The topological polar surface area (TPSA) is 64.3 Å². The predicted octanol–water partition coefficient (Wildman–Crippen LogP) is 3.24. The Hall–Kier alpha value is -0.610. The normalized spacial score (nSPS) is 48.0. The Morgan fingerprint density at radius 2 is 1.64 bits per heavy atom. The van der Waals surface area contributed by atoms with Crippen molar-refractivity contribution in [2.24, 2.45) is 34.3 Å². The number of hydrogen-bond acceptors (Lipinski definition) is 3. The van der Waals surface area contributed by atoms with Crippen molar-refractivity contribution in [1.82, 2.24) is 5.32 Å². The molecule has 4 nitrogen and oxygen atoms in total. The fourth-order valence-corrected chi connectivity index (χ4v) is 7.01. The quantitative estimate of drug-likeness (QED) is 0.802. The van der Waals surface area contributed by atoms with Gasteiger partial charge in [0.25, 0.3) is 0 Å². The lowest BCUT2D eigenvalue weighted by molar-refractivity contribution is -0.173. The molecule has 0 heterocycles. The van der Waals surface area contributed by atoms with Gasteiger partial charge in [0.05, 0.1) is 6.10 Å². The third-order valence-corrected chi connectivity index (χ3v) is 8.59. The van der Waals surface area contributed by atoms with Crippen LogP contribution in [0.3, 0.4) is 0 Å². The SMILES string of the molecule is CCOC1CC(N)(C(=O)NC(C)C23CC4CC(CC(C4)C2)C3)C1(C)C. The average Bonchev–Trinajstić information content (AvgIpc) is 2.53. The summed E-state index contributed by atoms with van der Waals surface area (Å²) >= 11 is 0. The van der Waals surface area contributed by atoms with E-state index in [4.69, 9.17) is 10.5 Å². The van der Waals surface area contributed by atoms with E-state index >= 15 is 0 Å². The molecule has 0 spiro atoms. The van der Waals surface area contributed by atoms with Crippen LogP contribution < -0.4 is 11.1 Å². The molecule has 5 aliphatic carbocycles. The van der Waals surface area contributed by atoms with Crippen LogP contribution in [0.15, 0.2) is 0 Å². The summed E-state index contributed by atoms with van der Waals surface area (Å²) in [5.41, 5.74) is 5.81. The molecular formula is C21H36N2O2. The molecule has 3 N–H and O–H groups in total. The lowest BCUT2D eigenvalue weighted by Gasteiger charge is -2.60. The van der Waals surface area contributed by atoms with Gasteiger partial charge in [0.15, 0.2) is 0 Å². The first-order chi connectivity index (χ1) is 11.7. The van der Waals surface area contributed by atoms with Crippen LogP contribution in [0.4, 0.5) is 0 Å². The van der Waals surface area contributed by atoms with Gasteiger partial charge in [0.2, 0.25) is 5.91 Å². The van der Waals surface area contributed by atoms with Crippen molar-refractivity contribution < 1.29 is 9.53 Å². The minimum atomic E-state index is -0.802. The summed E-state index contributed by atoms with van der Waals surface area (Å²) in [6, 6.07) is 0.232. The summed E-state index contributed by atoms with van der Waals surface area (Å²) in [4.78, 5) is 13.1. The highest BCUT2D eigenvalue weighted by molar-refractivity contribution is 5.89. The average molecular weight is 349 g/mol. The van der Waals surface area contributed by atoms with Crippen LogP contribution >= 0.6 is 0 Å². The smallest absolute Gasteiger partial charge is 0.241 e. The molecule has 0 aromatic carbocycles. The molecule has 3 atom stereocenters. The van der Waals surface area contributed by atoms with E-state index in [-0.39, 0.29) is 23.5 Å². The minimum Gasteiger partial charge on any atom is -0.378 e. The summed E-state index contributed by atoms with van der Waals surface area (Å²) < 4.78 is 5.78. The zero-order valence-corrected chi connectivity index (χ0v) is 16.4. The van der Waals surface area contributed by atoms with Gasteiger partial charge in [-0.2, -0.15) is 0 Å². The molecule has 5 rings (SSSR count). The standard InChI is InChI=1S/C21H36N2O2/c1-5-25-17-12-21(22,19(17,3)4)18(24)23-13(2)20-9-14-6-15(10-20)8-16(7-14)11-20/h13-17H,5-12,22H2,1-4H3,(H,23,24). The second kappa shape index (κ2) is 5.69. The molecule has 1 amide bonds. The lowest BCUT2D eigenvalue weighted by atomic mass is 9.47. The number of ether oxygens (including phenoxy) is 1. The third-order valence-electron chi connectivity index (χ3n) is 8.59. The van der Waals surface area contributed by atoms with Crippen LogP contribution in [-0.4, -0.2) is 30.2 Å². The molecule has 142 valence electrons. The zero-order chi connectivity index (χ0) is 18.0. The number of carbonyl (C=O) groups is 1. The molecule has 4 bridgehead atoms. The number of rotatable bonds is 5. The largest absolute Gasteiger partial charge is 0.378 e. The highest BCUT2D eigenvalue weighted by Crippen LogP contribution is 2.61. The first-order valence-electron chi connectivity index (χ1n) is 10.4. The molecule has 4 heteroatoms. The molecule has 25 heavy (non-hydrogen) atoms. The maximum Gasteiger partial charge on any atom is 0.241 e.